The minimum atomic E-state index is -0.482. The Kier molecular flexibility index (Phi) is 5.17. The van der Waals surface area contributed by atoms with Crippen molar-refractivity contribution in [1.29, 1.82) is 5.26 Å². The molecule has 7 nitrogen and oxygen atoms in total. The minimum Gasteiger partial charge on any atom is -0.503 e. The third kappa shape index (κ3) is 3.99. The second-order valence-electron chi connectivity index (χ2n) is 4.29. The van der Waals surface area contributed by atoms with Gasteiger partial charge in [-0.1, -0.05) is 0 Å². The van der Waals surface area contributed by atoms with Gasteiger partial charge in [-0.25, -0.2) is 0 Å². The zero-order valence-electron chi connectivity index (χ0n) is 12.0. The SMILES string of the molecule is COc1cc(C=Nc2ccc([N+](=O)[O-])cc2)cc(SC#N)c1O. The molecule has 2 aromatic rings. The van der Waals surface area contributed by atoms with Gasteiger partial charge in [0, 0.05) is 18.3 Å². The Morgan fingerprint density at radius 1 is 1.39 bits per heavy atom. The number of thiocyanates is 1. The first-order valence-corrected chi connectivity index (χ1v) is 7.12. The molecule has 0 saturated carbocycles. The van der Waals surface area contributed by atoms with E-state index in [9.17, 15) is 15.2 Å². The molecule has 0 aliphatic rings. The summed E-state index contributed by atoms with van der Waals surface area (Å²) in [6.45, 7) is 0. The highest BCUT2D eigenvalue weighted by Crippen LogP contribution is 2.37. The lowest BCUT2D eigenvalue weighted by Crippen LogP contribution is -1.89. The summed E-state index contributed by atoms with van der Waals surface area (Å²) in [6.07, 6.45) is 1.52. The van der Waals surface area contributed by atoms with E-state index in [1.54, 1.807) is 12.1 Å². The number of ether oxygens (including phenoxy) is 1. The van der Waals surface area contributed by atoms with Crippen LogP contribution in [0.1, 0.15) is 5.56 Å². The smallest absolute Gasteiger partial charge is 0.269 e. The van der Waals surface area contributed by atoms with Gasteiger partial charge in [-0.05, 0) is 41.6 Å². The number of nitro benzene ring substituents is 1. The van der Waals surface area contributed by atoms with Gasteiger partial charge >= 0.3 is 0 Å². The molecule has 8 heteroatoms. The predicted octanol–water partition coefficient (Wildman–Crippen LogP) is 3.63. The van der Waals surface area contributed by atoms with E-state index in [2.05, 4.69) is 4.99 Å². The van der Waals surface area contributed by atoms with Gasteiger partial charge in [0.15, 0.2) is 11.5 Å². The van der Waals surface area contributed by atoms with Crippen LogP contribution in [0.15, 0.2) is 46.3 Å². The molecule has 0 heterocycles. The molecule has 1 N–H and O–H groups in total. The third-order valence-corrected chi connectivity index (χ3v) is 3.48. The van der Waals surface area contributed by atoms with E-state index in [1.165, 1.54) is 37.6 Å². The van der Waals surface area contributed by atoms with E-state index in [4.69, 9.17) is 10.00 Å². The van der Waals surface area contributed by atoms with Gasteiger partial charge in [0.1, 0.15) is 5.40 Å². The number of nitro groups is 1. The summed E-state index contributed by atoms with van der Waals surface area (Å²) in [5, 5.41) is 31.1. The van der Waals surface area contributed by atoms with Gasteiger partial charge in [0.25, 0.3) is 5.69 Å². The van der Waals surface area contributed by atoms with Crippen LogP contribution in [0.2, 0.25) is 0 Å². The van der Waals surface area contributed by atoms with Crippen molar-refractivity contribution >= 4 is 29.4 Å². The quantitative estimate of drug-likeness (QED) is 0.295. The number of rotatable bonds is 5. The fraction of sp³-hybridized carbons (Fsp3) is 0.0667. The lowest BCUT2D eigenvalue weighted by atomic mass is 10.2. The molecule has 2 rings (SSSR count). The zero-order chi connectivity index (χ0) is 16.8. The molecule has 0 saturated heterocycles. The molecule has 23 heavy (non-hydrogen) atoms. The Morgan fingerprint density at radius 3 is 2.65 bits per heavy atom. The number of aromatic hydroxyl groups is 1. The molecule has 0 radical (unpaired) electrons. The van der Waals surface area contributed by atoms with Gasteiger partial charge in [0.05, 0.1) is 22.6 Å². The van der Waals surface area contributed by atoms with E-state index >= 15 is 0 Å². The summed E-state index contributed by atoms with van der Waals surface area (Å²) in [5.41, 5.74) is 1.15. The fourth-order valence-corrected chi connectivity index (χ4v) is 2.26. The summed E-state index contributed by atoms with van der Waals surface area (Å²) in [4.78, 5) is 14.7. The summed E-state index contributed by atoms with van der Waals surface area (Å²) in [7, 11) is 1.41. The number of hydrogen-bond acceptors (Lipinski definition) is 7. The number of nitrogens with zero attached hydrogens (tertiary/aromatic N) is 3. The normalized spacial score (nSPS) is 10.4. The molecule has 0 aromatic heterocycles. The summed E-state index contributed by atoms with van der Waals surface area (Å²) < 4.78 is 5.06. The van der Waals surface area contributed by atoms with Crippen LogP contribution in [-0.2, 0) is 0 Å². The van der Waals surface area contributed by atoms with Gasteiger partial charge in [-0.3, -0.25) is 15.1 Å². The number of methoxy groups -OCH3 is 1. The van der Waals surface area contributed by atoms with Crippen LogP contribution in [0.4, 0.5) is 11.4 Å². The van der Waals surface area contributed by atoms with Crippen LogP contribution in [-0.4, -0.2) is 23.4 Å². The number of phenols is 1. The number of nitriles is 1. The van der Waals surface area contributed by atoms with Crippen LogP contribution >= 0.6 is 11.8 Å². The van der Waals surface area contributed by atoms with Crippen LogP contribution in [0.3, 0.4) is 0 Å². The lowest BCUT2D eigenvalue weighted by Gasteiger charge is -2.07. The van der Waals surface area contributed by atoms with E-state index < -0.39 is 4.92 Å². The highest BCUT2D eigenvalue weighted by atomic mass is 32.2. The first kappa shape index (κ1) is 16.3. The Bertz CT molecular complexity index is 798. The van der Waals surface area contributed by atoms with Crippen LogP contribution in [0.5, 0.6) is 11.5 Å². The van der Waals surface area contributed by atoms with Crippen molar-refractivity contribution in [2.24, 2.45) is 4.99 Å². The van der Waals surface area contributed by atoms with Crippen molar-refractivity contribution in [3.05, 3.63) is 52.1 Å². The Morgan fingerprint density at radius 2 is 2.09 bits per heavy atom. The molecular formula is C15H11N3O4S. The number of aliphatic imine (C=N–C) groups is 1. The van der Waals surface area contributed by atoms with Gasteiger partial charge in [0.2, 0.25) is 0 Å². The van der Waals surface area contributed by atoms with Crippen molar-refractivity contribution in [3.63, 3.8) is 0 Å². The molecular weight excluding hydrogens is 318 g/mol. The number of thioether (sulfide) groups is 1. The molecule has 0 amide bonds. The maximum atomic E-state index is 10.6. The zero-order valence-corrected chi connectivity index (χ0v) is 12.8. The van der Waals surface area contributed by atoms with E-state index in [0.717, 1.165) is 11.8 Å². The molecule has 0 bridgehead atoms. The molecule has 0 unspecified atom stereocenters. The first-order chi connectivity index (χ1) is 11.0. The predicted molar refractivity (Wildman–Crippen MR) is 86.5 cm³/mol. The van der Waals surface area contributed by atoms with Crippen LogP contribution in [0, 0.1) is 20.8 Å². The molecule has 0 spiro atoms. The van der Waals surface area contributed by atoms with Crippen molar-refractivity contribution in [2.45, 2.75) is 4.90 Å². The van der Waals surface area contributed by atoms with Crippen molar-refractivity contribution < 1.29 is 14.8 Å². The summed E-state index contributed by atoms with van der Waals surface area (Å²) in [6, 6.07) is 8.95. The topological polar surface area (TPSA) is 109 Å². The monoisotopic (exact) mass is 329 g/mol. The van der Waals surface area contributed by atoms with Crippen molar-refractivity contribution in [3.8, 4) is 16.9 Å². The van der Waals surface area contributed by atoms with Gasteiger partial charge < -0.3 is 9.84 Å². The van der Waals surface area contributed by atoms with Gasteiger partial charge in [-0.2, -0.15) is 5.26 Å². The molecule has 0 aliphatic carbocycles. The van der Waals surface area contributed by atoms with Crippen molar-refractivity contribution in [2.75, 3.05) is 7.11 Å². The summed E-state index contributed by atoms with van der Waals surface area (Å²) in [5.74, 6) is 0.127. The maximum Gasteiger partial charge on any atom is 0.269 e. The van der Waals surface area contributed by atoms with Gasteiger partial charge in [-0.15, -0.1) is 0 Å². The summed E-state index contributed by atoms with van der Waals surface area (Å²) >= 11 is 0.811. The van der Waals surface area contributed by atoms with Crippen LogP contribution < -0.4 is 4.74 Å². The molecule has 0 fully saturated rings. The lowest BCUT2D eigenvalue weighted by molar-refractivity contribution is -0.384. The number of benzene rings is 2. The fourth-order valence-electron chi connectivity index (χ4n) is 1.77. The van der Waals surface area contributed by atoms with E-state index in [-0.39, 0.29) is 17.2 Å². The molecule has 0 aliphatic heterocycles. The second-order valence-corrected chi connectivity index (χ2v) is 5.12. The Hall–Kier alpha value is -3.05. The number of phenolic OH excluding ortho intramolecular Hbond substituents is 1. The first-order valence-electron chi connectivity index (χ1n) is 6.30. The molecule has 2 aromatic carbocycles. The Balaban J connectivity index is 2.30. The third-order valence-electron chi connectivity index (χ3n) is 2.86. The number of hydrogen-bond donors (Lipinski definition) is 1. The Labute approximate surface area is 136 Å². The standard InChI is InChI=1S/C15H11N3O4S/c1-22-13-6-10(7-14(15(13)19)23-9-16)8-17-11-2-4-12(5-3-11)18(20)21/h2-8,19H,1H3. The average molecular weight is 329 g/mol. The molecule has 0 atom stereocenters. The highest BCUT2D eigenvalue weighted by molar-refractivity contribution is 8.03. The van der Waals surface area contributed by atoms with E-state index in [1.807, 2.05) is 5.40 Å². The van der Waals surface area contributed by atoms with Crippen LogP contribution in [0.25, 0.3) is 0 Å². The maximum absolute atomic E-state index is 10.6. The minimum absolute atomic E-state index is 0.0111. The molecule has 116 valence electrons. The largest absolute Gasteiger partial charge is 0.503 e. The second kappa shape index (κ2) is 7.29. The van der Waals surface area contributed by atoms with Crippen molar-refractivity contribution in [1.82, 2.24) is 0 Å². The average Bonchev–Trinajstić information content (AvgIpc) is 2.56. The highest BCUT2D eigenvalue weighted by Gasteiger charge is 2.10. The number of non-ortho nitro benzene ring substituents is 1. The van der Waals surface area contributed by atoms with E-state index in [0.29, 0.717) is 16.1 Å².